The average Bonchev–Trinajstić information content (AvgIpc) is 2.33. The second-order valence-corrected chi connectivity index (χ2v) is 1.72. The maximum Gasteiger partial charge on any atom is -0.0311 e. The minimum Gasteiger partial charge on any atom is -0.0874 e. The van der Waals surface area contributed by atoms with Gasteiger partial charge in [-0.25, -0.2) is 0 Å². The van der Waals surface area contributed by atoms with E-state index in [1.165, 1.54) is 5.57 Å². The average molecular weight is 200 g/mol. The Bertz CT molecular complexity index is 93.9. The monoisotopic (exact) mass is 200 g/mol. The maximum absolute atomic E-state index is 2.16. The number of allylic oxidation sites excluding steroid dienone is 4. The van der Waals surface area contributed by atoms with E-state index in [1.54, 1.807) is 0 Å². The molecule has 0 fully saturated rings. The Balaban J connectivity index is -0.0000000708. The standard InChI is InChI=1S/C8H14.3C2H6/c1-4-7-8(5-2)6-3;3*1-2/h4-5,7H,6H2,1-3H3;3*1-2H3/b7-4-,8-5-;;;. The van der Waals surface area contributed by atoms with Gasteiger partial charge in [-0.1, -0.05) is 72.3 Å². The molecule has 0 radical (unpaired) electrons. The van der Waals surface area contributed by atoms with Gasteiger partial charge in [0.1, 0.15) is 0 Å². The van der Waals surface area contributed by atoms with Crippen LogP contribution in [0.1, 0.15) is 68.7 Å². The van der Waals surface area contributed by atoms with Crippen LogP contribution < -0.4 is 0 Å². The first kappa shape index (κ1) is 23.4. The first-order valence-electron chi connectivity index (χ1n) is 6.13. The molecule has 0 aromatic carbocycles. The summed E-state index contributed by atoms with van der Waals surface area (Å²) in [5, 5.41) is 0. The second-order valence-electron chi connectivity index (χ2n) is 1.72. The van der Waals surface area contributed by atoms with Gasteiger partial charge in [-0.3, -0.25) is 0 Å². The van der Waals surface area contributed by atoms with Crippen molar-refractivity contribution in [1.82, 2.24) is 0 Å². The molecule has 0 aromatic rings. The minimum absolute atomic E-state index is 1.14. The molecule has 0 aliphatic carbocycles. The second kappa shape index (κ2) is 39.2. The molecular weight excluding hydrogens is 168 g/mol. The van der Waals surface area contributed by atoms with E-state index < -0.39 is 0 Å². The predicted octanol–water partition coefficient (Wildman–Crippen LogP) is 6.00. The summed E-state index contributed by atoms with van der Waals surface area (Å²) >= 11 is 0. The molecule has 0 bridgehead atoms. The molecule has 14 heavy (non-hydrogen) atoms. The van der Waals surface area contributed by atoms with E-state index in [9.17, 15) is 0 Å². The van der Waals surface area contributed by atoms with Gasteiger partial charge in [-0.2, -0.15) is 0 Å². The Morgan fingerprint density at radius 1 is 0.857 bits per heavy atom. The lowest BCUT2D eigenvalue weighted by Gasteiger charge is -1.90. The van der Waals surface area contributed by atoms with Crippen LogP contribution in [0.4, 0.5) is 0 Å². The predicted molar refractivity (Wildman–Crippen MR) is 72.9 cm³/mol. The van der Waals surface area contributed by atoms with Gasteiger partial charge in [-0.15, -0.1) is 0 Å². The highest BCUT2D eigenvalue weighted by atomic mass is 13.9. The highest BCUT2D eigenvalue weighted by Crippen LogP contribution is 2.00. The van der Waals surface area contributed by atoms with E-state index >= 15 is 0 Å². The van der Waals surface area contributed by atoms with Crippen LogP contribution in [0.2, 0.25) is 0 Å². The van der Waals surface area contributed by atoms with Crippen LogP contribution in [0.5, 0.6) is 0 Å². The van der Waals surface area contributed by atoms with Crippen molar-refractivity contribution >= 4 is 0 Å². The molecule has 0 heterocycles. The lowest BCUT2D eigenvalue weighted by atomic mass is 10.2. The van der Waals surface area contributed by atoms with Crippen LogP contribution in [0, 0.1) is 0 Å². The Labute approximate surface area is 93.1 Å². The van der Waals surface area contributed by atoms with Crippen molar-refractivity contribution in [2.75, 3.05) is 0 Å². The fourth-order valence-electron chi connectivity index (χ4n) is 0.632. The fraction of sp³-hybridized carbons (Fsp3) is 0.714. The highest BCUT2D eigenvalue weighted by molar-refractivity contribution is 5.16. The summed E-state index contributed by atoms with van der Waals surface area (Å²) in [4.78, 5) is 0. The molecule has 0 rings (SSSR count). The minimum atomic E-state index is 1.14. The lowest BCUT2D eigenvalue weighted by Crippen LogP contribution is -1.69. The van der Waals surface area contributed by atoms with E-state index in [2.05, 4.69) is 32.1 Å². The zero-order chi connectivity index (χ0) is 12.4. The van der Waals surface area contributed by atoms with E-state index in [0.29, 0.717) is 0 Å². The van der Waals surface area contributed by atoms with Crippen molar-refractivity contribution in [3.05, 3.63) is 23.8 Å². The number of rotatable bonds is 2. The zero-order valence-electron chi connectivity index (χ0n) is 11.9. The molecule has 0 nitrogen and oxygen atoms in total. The van der Waals surface area contributed by atoms with Crippen LogP contribution >= 0.6 is 0 Å². The van der Waals surface area contributed by atoms with Crippen LogP contribution in [-0.2, 0) is 0 Å². The third-order valence-electron chi connectivity index (χ3n) is 1.16. The van der Waals surface area contributed by atoms with Gasteiger partial charge in [-0.05, 0) is 20.3 Å². The Hall–Kier alpha value is -0.520. The normalized spacial score (nSPS) is 8.79. The summed E-state index contributed by atoms with van der Waals surface area (Å²) in [6, 6.07) is 0. The molecule has 0 aliphatic heterocycles. The SMILES string of the molecule is C/C=C\C(=C/C)CC.CC.CC.CC. The van der Waals surface area contributed by atoms with E-state index in [0.717, 1.165) is 6.42 Å². The van der Waals surface area contributed by atoms with Crippen molar-refractivity contribution in [2.24, 2.45) is 0 Å². The van der Waals surface area contributed by atoms with E-state index in [1.807, 2.05) is 48.5 Å². The van der Waals surface area contributed by atoms with Crippen LogP contribution in [-0.4, -0.2) is 0 Å². The summed E-state index contributed by atoms with van der Waals surface area (Å²) in [5.74, 6) is 0. The summed E-state index contributed by atoms with van der Waals surface area (Å²) in [7, 11) is 0. The van der Waals surface area contributed by atoms with E-state index in [-0.39, 0.29) is 0 Å². The zero-order valence-corrected chi connectivity index (χ0v) is 11.9. The summed E-state index contributed by atoms with van der Waals surface area (Å²) in [6.45, 7) is 18.3. The number of hydrogen-bond donors (Lipinski definition) is 0. The first-order valence-corrected chi connectivity index (χ1v) is 6.13. The van der Waals surface area contributed by atoms with Gasteiger partial charge in [0.25, 0.3) is 0 Å². The van der Waals surface area contributed by atoms with Crippen LogP contribution in [0.25, 0.3) is 0 Å². The Morgan fingerprint density at radius 2 is 1.21 bits per heavy atom. The molecule has 0 saturated heterocycles. The van der Waals surface area contributed by atoms with Crippen molar-refractivity contribution in [2.45, 2.75) is 68.7 Å². The lowest BCUT2D eigenvalue weighted by molar-refractivity contribution is 1.14. The summed E-state index contributed by atoms with van der Waals surface area (Å²) < 4.78 is 0. The van der Waals surface area contributed by atoms with Crippen molar-refractivity contribution in [3.8, 4) is 0 Å². The van der Waals surface area contributed by atoms with Gasteiger partial charge in [0.05, 0.1) is 0 Å². The third-order valence-corrected chi connectivity index (χ3v) is 1.16. The summed E-state index contributed by atoms with van der Waals surface area (Å²) in [6.07, 6.45) is 7.49. The van der Waals surface area contributed by atoms with E-state index in [4.69, 9.17) is 0 Å². The Kier molecular flexibility index (Phi) is 65.4. The highest BCUT2D eigenvalue weighted by Gasteiger charge is 1.79. The topological polar surface area (TPSA) is 0 Å². The molecule has 0 amide bonds. The fourth-order valence-corrected chi connectivity index (χ4v) is 0.632. The number of hydrogen-bond acceptors (Lipinski definition) is 0. The molecule has 0 aliphatic rings. The molecule has 0 heteroatoms. The maximum atomic E-state index is 2.16. The Morgan fingerprint density at radius 3 is 1.29 bits per heavy atom. The molecule has 0 saturated carbocycles. The van der Waals surface area contributed by atoms with Crippen molar-refractivity contribution < 1.29 is 0 Å². The first-order chi connectivity index (χ1) is 6.85. The molecule has 0 spiro atoms. The molecule has 0 N–H and O–H groups in total. The van der Waals surface area contributed by atoms with Crippen LogP contribution in [0.15, 0.2) is 23.8 Å². The van der Waals surface area contributed by atoms with Gasteiger partial charge in [0, 0.05) is 0 Å². The van der Waals surface area contributed by atoms with Crippen molar-refractivity contribution in [3.63, 3.8) is 0 Å². The van der Waals surface area contributed by atoms with Crippen molar-refractivity contribution in [1.29, 1.82) is 0 Å². The molecule has 0 atom stereocenters. The largest absolute Gasteiger partial charge is 0.0874 e. The van der Waals surface area contributed by atoms with Gasteiger partial charge < -0.3 is 0 Å². The van der Waals surface area contributed by atoms with Gasteiger partial charge in [0.2, 0.25) is 0 Å². The summed E-state index contributed by atoms with van der Waals surface area (Å²) in [5.41, 5.74) is 1.41. The smallest absolute Gasteiger partial charge is 0.0311 e. The molecule has 0 aromatic heterocycles. The van der Waals surface area contributed by atoms with Gasteiger partial charge >= 0.3 is 0 Å². The molecule has 0 unspecified atom stereocenters. The van der Waals surface area contributed by atoms with Gasteiger partial charge in [0.15, 0.2) is 0 Å². The molecule has 88 valence electrons. The quantitative estimate of drug-likeness (QED) is 0.480. The van der Waals surface area contributed by atoms with Crippen LogP contribution in [0.3, 0.4) is 0 Å². The third kappa shape index (κ3) is 30.0. The molecular formula is C14H32.